The smallest absolute Gasteiger partial charge is 0.405 e. The lowest BCUT2D eigenvalue weighted by Crippen LogP contribution is -2.53. The van der Waals surface area contributed by atoms with Crippen LogP contribution in [0.15, 0.2) is 0 Å². The van der Waals surface area contributed by atoms with E-state index in [4.69, 9.17) is 15.4 Å². The third-order valence-corrected chi connectivity index (χ3v) is 7.67. The maximum absolute atomic E-state index is 11.4. The van der Waals surface area contributed by atoms with Crippen molar-refractivity contribution in [3.63, 3.8) is 0 Å². The molecule has 1 atom stereocenters. The lowest BCUT2D eigenvalue weighted by molar-refractivity contribution is -0.123. The number of hydrazine groups is 1. The molecule has 0 aliphatic carbocycles. The first-order valence-electron chi connectivity index (χ1n) is 5.65. The Labute approximate surface area is 108 Å². The van der Waals surface area contributed by atoms with Crippen LogP contribution < -0.4 is 16.6 Å². The van der Waals surface area contributed by atoms with E-state index >= 15 is 0 Å². The zero-order chi connectivity index (χ0) is 14.6. The highest BCUT2D eigenvalue weighted by molar-refractivity contribution is 6.74. The zero-order valence-electron chi connectivity index (χ0n) is 11.5. The number of carbonyl (C=O) groups excluding carboxylic acids is 1. The second-order valence-electron chi connectivity index (χ2n) is 5.58. The molecule has 5 N–H and O–H groups in total. The maximum Gasteiger partial charge on any atom is 0.405 e. The van der Waals surface area contributed by atoms with E-state index in [2.05, 4.69) is 26.1 Å². The van der Waals surface area contributed by atoms with E-state index in [-0.39, 0.29) is 11.6 Å². The van der Waals surface area contributed by atoms with Crippen molar-refractivity contribution in [3.05, 3.63) is 0 Å². The summed E-state index contributed by atoms with van der Waals surface area (Å²) in [6.45, 7) is 10.2. The molecule has 0 aromatic carbocycles. The van der Waals surface area contributed by atoms with Crippen LogP contribution in [-0.2, 0) is 9.22 Å². The Morgan fingerprint density at radius 2 is 1.89 bits per heavy atom. The maximum atomic E-state index is 11.4. The lowest BCUT2D eigenvalue weighted by Gasteiger charge is -2.37. The molecule has 0 heterocycles. The minimum Gasteiger partial charge on any atom is -0.465 e. The van der Waals surface area contributed by atoms with Crippen molar-refractivity contribution >= 4 is 20.3 Å². The fourth-order valence-corrected chi connectivity index (χ4v) is 1.96. The SMILES string of the molecule is CC(C)(C)[Si](C)(C)OC[C@H](NC(=O)O)C(=O)NN. The monoisotopic (exact) mass is 277 g/mol. The van der Waals surface area contributed by atoms with Crippen molar-refractivity contribution in [2.45, 2.75) is 44.9 Å². The number of hydrogen-bond acceptors (Lipinski definition) is 4. The number of nitrogens with two attached hydrogens (primary N) is 1. The molecule has 0 aliphatic rings. The fourth-order valence-electron chi connectivity index (χ4n) is 0.941. The van der Waals surface area contributed by atoms with E-state index in [1.165, 1.54) is 0 Å². The molecule has 0 radical (unpaired) electrons. The number of nitrogens with one attached hydrogen (secondary N) is 2. The van der Waals surface area contributed by atoms with Gasteiger partial charge in [0.2, 0.25) is 0 Å². The topological polar surface area (TPSA) is 114 Å². The summed E-state index contributed by atoms with van der Waals surface area (Å²) in [7, 11) is -2.03. The third-order valence-electron chi connectivity index (χ3n) is 3.17. The van der Waals surface area contributed by atoms with E-state index in [1.807, 2.05) is 18.5 Å². The first-order valence-corrected chi connectivity index (χ1v) is 8.56. The van der Waals surface area contributed by atoms with Gasteiger partial charge >= 0.3 is 6.09 Å². The minimum atomic E-state index is -2.03. The molecular weight excluding hydrogens is 254 g/mol. The van der Waals surface area contributed by atoms with Gasteiger partial charge in [0, 0.05) is 0 Å². The Hall–Kier alpha value is -1.12. The molecule has 8 heteroatoms. The van der Waals surface area contributed by atoms with E-state index in [0.29, 0.717) is 0 Å². The molecule has 0 bridgehead atoms. The van der Waals surface area contributed by atoms with Crippen LogP contribution in [0.25, 0.3) is 0 Å². The van der Waals surface area contributed by atoms with Crippen LogP contribution in [0.2, 0.25) is 18.1 Å². The first-order chi connectivity index (χ1) is 8.01. The molecule has 0 unspecified atom stereocenters. The molecule has 0 aliphatic heterocycles. The van der Waals surface area contributed by atoms with E-state index in [0.717, 1.165) is 0 Å². The molecule has 0 fully saturated rings. The molecule has 0 aromatic heterocycles. The van der Waals surface area contributed by atoms with Crippen molar-refractivity contribution in [2.24, 2.45) is 5.84 Å². The van der Waals surface area contributed by atoms with Gasteiger partial charge in [0.05, 0.1) is 6.61 Å². The Bertz CT molecular complexity index is 315. The highest BCUT2D eigenvalue weighted by atomic mass is 28.4. The first kappa shape index (κ1) is 16.9. The van der Waals surface area contributed by atoms with Gasteiger partial charge in [-0.15, -0.1) is 0 Å². The summed E-state index contributed by atoms with van der Waals surface area (Å²) in [5.74, 6) is 4.38. The molecule has 0 rings (SSSR count). The molecule has 0 spiro atoms. The van der Waals surface area contributed by atoms with Crippen LogP contribution in [0.1, 0.15) is 20.8 Å². The standard InChI is InChI=1S/C10H23N3O4Si/c1-10(2,3)18(4,5)17-6-7(8(14)13-11)12-9(15)16/h7,12H,6,11H2,1-5H3,(H,13,14)(H,15,16)/t7-/m0/s1. The predicted molar refractivity (Wildman–Crippen MR) is 70.4 cm³/mol. The highest BCUT2D eigenvalue weighted by Crippen LogP contribution is 2.36. The van der Waals surface area contributed by atoms with Gasteiger partial charge < -0.3 is 14.8 Å². The second-order valence-corrected chi connectivity index (χ2v) is 10.4. The van der Waals surface area contributed by atoms with Gasteiger partial charge in [-0.1, -0.05) is 20.8 Å². The molecule has 0 saturated carbocycles. The molecule has 106 valence electrons. The van der Waals surface area contributed by atoms with Gasteiger partial charge in [0.15, 0.2) is 8.32 Å². The summed E-state index contributed by atoms with van der Waals surface area (Å²) < 4.78 is 5.78. The van der Waals surface area contributed by atoms with Gasteiger partial charge in [-0.2, -0.15) is 0 Å². The summed E-state index contributed by atoms with van der Waals surface area (Å²) in [6, 6.07) is -0.998. The van der Waals surface area contributed by atoms with Crippen LogP contribution in [0, 0.1) is 0 Å². The van der Waals surface area contributed by atoms with Crippen molar-refractivity contribution < 1.29 is 19.1 Å². The van der Waals surface area contributed by atoms with Crippen molar-refractivity contribution in [1.29, 1.82) is 0 Å². The average Bonchev–Trinajstić information content (AvgIpc) is 2.21. The van der Waals surface area contributed by atoms with Crippen LogP contribution in [-0.4, -0.2) is 38.1 Å². The third kappa shape index (κ3) is 5.03. The number of rotatable bonds is 5. The summed E-state index contributed by atoms with van der Waals surface area (Å²) >= 11 is 0. The van der Waals surface area contributed by atoms with Gasteiger partial charge in [-0.05, 0) is 18.1 Å². The summed E-state index contributed by atoms with van der Waals surface area (Å²) in [4.78, 5) is 22.0. The Morgan fingerprint density at radius 1 is 1.39 bits per heavy atom. The van der Waals surface area contributed by atoms with E-state index in [9.17, 15) is 9.59 Å². The predicted octanol–water partition coefficient (Wildman–Crippen LogP) is 0.634. The number of hydrogen-bond donors (Lipinski definition) is 4. The van der Waals surface area contributed by atoms with E-state index in [1.54, 1.807) is 0 Å². The fraction of sp³-hybridized carbons (Fsp3) is 0.800. The second kappa shape index (κ2) is 6.16. The molecule has 0 saturated heterocycles. The zero-order valence-corrected chi connectivity index (χ0v) is 12.5. The van der Waals surface area contributed by atoms with Crippen LogP contribution in [0.4, 0.5) is 4.79 Å². The lowest BCUT2D eigenvalue weighted by atomic mass is 10.2. The van der Waals surface area contributed by atoms with Crippen LogP contribution in [0.3, 0.4) is 0 Å². The molecular formula is C10H23N3O4Si. The van der Waals surface area contributed by atoms with Crippen molar-refractivity contribution in [2.75, 3.05) is 6.61 Å². The summed E-state index contributed by atoms with van der Waals surface area (Å²) in [5.41, 5.74) is 1.92. The summed E-state index contributed by atoms with van der Waals surface area (Å²) in [6.07, 6.45) is -1.29. The van der Waals surface area contributed by atoms with Gasteiger partial charge in [0.1, 0.15) is 6.04 Å². The Balaban J connectivity index is 4.62. The number of amides is 2. The Kier molecular flexibility index (Phi) is 5.78. The molecule has 7 nitrogen and oxygen atoms in total. The molecule has 2 amide bonds. The van der Waals surface area contributed by atoms with Crippen LogP contribution >= 0.6 is 0 Å². The normalized spacial score (nSPS) is 13.9. The largest absolute Gasteiger partial charge is 0.465 e. The average molecular weight is 277 g/mol. The van der Waals surface area contributed by atoms with Crippen molar-refractivity contribution in [3.8, 4) is 0 Å². The number of carboxylic acid groups (broad SMARTS) is 1. The highest BCUT2D eigenvalue weighted by Gasteiger charge is 2.38. The quantitative estimate of drug-likeness (QED) is 0.255. The van der Waals surface area contributed by atoms with E-state index < -0.39 is 26.4 Å². The minimum absolute atomic E-state index is 0.0139. The number of carbonyl (C=O) groups is 2. The Morgan fingerprint density at radius 3 is 2.22 bits per heavy atom. The van der Waals surface area contributed by atoms with Gasteiger partial charge in [-0.25, -0.2) is 10.6 Å². The molecule has 18 heavy (non-hydrogen) atoms. The summed E-state index contributed by atoms with van der Waals surface area (Å²) in [5, 5.41) is 10.7. The van der Waals surface area contributed by atoms with Gasteiger partial charge in [-0.3, -0.25) is 10.2 Å². The molecule has 0 aromatic rings. The van der Waals surface area contributed by atoms with Crippen LogP contribution in [0.5, 0.6) is 0 Å². The van der Waals surface area contributed by atoms with Gasteiger partial charge in [0.25, 0.3) is 5.91 Å². The van der Waals surface area contributed by atoms with Crippen molar-refractivity contribution in [1.82, 2.24) is 10.7 Å².